The van der Waals surface area contributed by atoms with E-state index in [9.17, 15) is 9.18 Å². The first kappa shape index (κ1) is 17.0. The predicted molar refractivity (Wildman–Crippen MR) is 103 cm³/mol. The number of carbonyl (C=O) groups is 1. The monoisotopic (exact) mass is 360 g/mol. The van der Waals surface area contributed by atoms with Gasteiger partial charge in [0.1, 0.15) is 5.82 Å². The quantitative estimate of drug-likeness (QED) is 0.699. The van der Waals surface area contributed by atoms with E-state index in [1.54, 1.807) is 12.1 Å². The van der Waals surface area contributed by atoms with E-state index in [0.717, 1.165) is 16.8 Å². The highest BCUT2D eigenvalue weighted by atomic mass is 19.1. The molecule has 6 heteroatoms. The van der Waals surface area contributed by atoms with Crippen LogP contribution in [-0.2, 0) is 4.79 Å². The van der Waals surface area contributed by atoms with Gasteiger partial charge in [-0.1, -0.05) is 30.3 Å². The van der Waals surface area contributed by atoms with Gasteiger partial charge in [0.2, 0.25) is 0 Å². The van der Waals surface area contributed by atoms with Crippen molar-refractivity contribution < 1.29 is 9.18 Å². The second-order valence-corrected chi connectivity index (χ2v) is 6.42. The average Bonchev–Trinajstić information content (AvgIpc) is 2.96. The van der Waals surface area contributed by atoms with E-state index in [2.05, 4.69) is 15.1 Å². The molecule has 0 N–H and O–H groups in total. The minimum absolute atomic E-state index is 0.164. The van der Waals surface area contributed by atoms with Crippen LogP contribution in [0.1, 0.15) is 13.8 Å². The maximum Gasteiger partial charge on any atom is 0.258 e. The lowest BCUT2D eigenvalue weighted by molar-refractivity contribution is -0.119. The zero-order valence-electron chi connectivity index (χ0n) is 14.9. The van der Waals surface area contributed by atoms with Gasteiger partial charge in [-0.2, -0.15) is 10.1 Å². The minimum atomic E-state index is -0.319. The predicted octanol–water partition coefficient (Wildman–Crippen LogP) is 4.31. The van der Waals surface area contributed by atoms with E-state index in [0.29, 0.717) is 11.4 Å². The summed E-state index contributed by atoms with van der Waals surface area (Å²) in [4.78, 5) is 21.6. The molecule has 0 radical (unpaired) electrons. The maximum atomic E-state index is 13.3. The fraction of sp³-hybridized carbons (Fsp3) is 0.143. The Morgan fingerprint density at radius 1 is 0.926 bits per heavy atom. The number of hydrogen-bond acceptors (Lipinski definition) is 4. The van der Waals surface area contributed by atoms with Crippen molar-refractivity contribution in [3.63, 3.8) is 0 Å². The van der Waals surface area contributed by atoms with Gasteiger partial charge in [0, 0.05) is 16.8 Å². The van der Waals surface area contributed by atoms with E-state index in [4.69, 9.17) is 0 Å². The molecule has 0 fully saturated rings. The summed E-state index contributed by atoms with van der Waals surface area (Å²) in [6, 6.07) is 17.5. The van der Waals surface area contributed by atoms with Crippen molar-refractivity contribution in [1.29, 1.82) is 0 Å². The Morgan fingerprint density at radius 2 is 1.52 bits per heavy atom. The summed E-state index contributed by atoms with van der Waals surface area (Å²) in [6.45, 7) is 3.62. The Hall–Kier alpha value is -3.41. The summed E-state index contributed by atoms with van der Waals surface area (Å²) in [5.41, 5.74) is 3.61. The van der Waals surface area contributed by atoms with Crippen molar-refractivity contribution in [2.75, 3.05) is 5.01 Å². The van der Waals surface area contributed by atoms with Crippen molar-refractivity contribution in [3.05, 3.63) is 66.5 Å². The molecule has 1 atom stereocenters. The van der Waals surface area contributed by atoms with Crippen LogP contribution in [0, 0.1) is 11.7 Å². The number of aromatic nitrogens is 2. The molecule has 134 valence electrons. The first-order valence-corrected chi connectivity index (χ1v) is 8.62. The lowest BCUT2D eigenvalue weighted by Gasteiger charge is -2.14. The highest BCUT2D eigenvalue weighted by Gasteiger charge is 2.32. The highest BCUT2D eigenvalue weighted by Crippen LogP contribution is 2.28. The topological polar surface area (TPSA) is 58.5 Å². The molecule has 0 saturated carbocycles. The van der Waals surface area contributed by atoms with Crippen molar-refractivity contribution in [2.45, 2.75) is 13.8 Å². The van der Waals surface area contributed by atoms with E-state index >= 15 is 0 Å². The average molecular weight is 360 g/mol. The summed E-state index contributed by atoms with van der Waals surface area (Å²) in [6.07, 6.45) is 0. The lowest BCUT2D eigenvalue weighted by atomic mass is 10.1. The van der Waals surface area contributed by atoms with Crippen LogP contribution < -0.4 is 5.01 Å². The normalized spacial score (nSPS) is 16.6. The van der Waals surface area contributed by atoms with Gasteiger partial charge in [0.25, 0.3) is 11.9 Å². The van der Waals surface area contributed by atoms with E-state index < -0.39 is 0 Å². The summed E-state index contributed by atoms with van der Waals surface area (Å²) in [7, 11) is 0. The van der Waals surface area contributed by atoms with Gasteiger partial charge in [-0.15, -0.1) is 0 Å². The molecule has 1 aromatic heterocycles. The lowest BCUT2D eigenvalue weighted by Crippen LogP contribution is -2.27. The highest BCUT2D eigenvalue weighted by molar-refractivity contribution is 6.13. The van der Waals surface area contributed by atoms with Gasteiger partial charge < -0.3 is 0 Å². The zero-order valence-corrected chi connectivity index (χ0v) is 14.9. The molecule has 0 saturated heterocycles. The number of amides is 1. The minimum Gasteiger partial charge on any atom is -0.272 e. The maximum absolute atomic E-state index is 13.3. The number of nitrogens with zero attached hydrogens (tertiary/aromatic N) is 4. The van der Waals surface area contributed by atoms with Crippen LogP contribution in [0.4, 0.5) is 10.3 Å². The molecular formula is C21H17FN4O. The van der Waals surface area contributed by atoms with Crippen molar-refractivity contribution in [1.82, 2.24) is 9.97 Å². The number of anilines is 1. The fourth-order valence-electron chi connectivity index (χ4n) is 2.85. The Labute approximate surface area is 156 Å². The van der Waals surface area contributed by atoms with Crippen LogP contribution in [0.2, 0.25) is 0 Å². The van der Waals surface area contributed by atoms with E-state index in [-0.39, 0.29) is 23.6 Å². The van der Waals surface area contributed by atoms with Gasteiger partial charge in [-0.3, -0.25) is 4.79 Å². The Kier molecular flexibility index (Phi) is 4.24. The Bertz CT molecular complexity index is 1030. The summed E-state index contributed by atoms with van der Waals surface area (Å²) in [5.74, 6) is -0.574. The zero-order chi connectivity index (χ0) is 19.0. The van der Waals surface area contributed by atoms with Crippen molar-refractivity contribution in [2.24, 2.45) is 11.0 Å². The molecule has 0 bridgehead atoms. The summed E-state index contributed by atoms with van der Waals surface area (Å²) in [5, 5.41) is 5.57. The van der Waals surface area contributed by atoms with E-state index in [1.165, 1.54) is 17.1 Å². The summed E-state index contributed by atoms with van der Waals surface area (Å²) >= 11 is 0. The smallest absolute Gasteiger partial charge is 0.258 e. The van der Waals surface area contributed by atoms with Gasteiger partial charge in [-0.25, -0.2) is 14.4 Å². The molecule has 0 aliphatic carbocycles. The molecule has 5 nitrogen and oxygen atoms in total. The van der Waals surface area contributed by atoms with Crippen LogP contribution >= 0.6 is 0 Å². The van der Waals surface area contributed by atoms with Crippen LogP contribution in [-0.4, -0.2) is 21.6 Å². The SMILES string of the molecule is CC1=NN(c2nc(-c3ccccc3)cc(-c3ccc(F)cc3)n2)C(=O)C1C. The second kappa shape index (κ2) is 6.72. The Balaban J connectivity index is 1.87. The molecule has 27 heavy (non-hydrogen) atoms. The van der Waals surface area contributed by atoms with Crippen LogP contribution in [0.3, 0.4) is 0 Å². The second-order valence-electron chi connectivity index (χ2n) is 6.42. The molecule has 1 aliphatic heterocycles. The fourth-order valence-corrected chi connectivity index (χ4v) is 2.85. The van der Waals surface area contributed by atoms with Gasteiger partial charge in [-0.05, 0) is 44.2 Å². The first-order chi connectivity index (χ1) is 13.0. The molecule has 1 amide bonds. The Morgan fingerprint density at radius 3 is 2.07 bits per heavy atom. The number of halogens is 1. The van der Waals surface area contributed by atoms with Crippen LogP contribution in [0.15, 0.2) is 65.8 Å². The van der Waals surface area contributed by atoms with Gasteiger partial charge in [0.05, 0.1) is 17.3 Å². The molecule has 2 aromatic carbocycles. The molecule has 1 aliphatic rings. The number of carbonyl (C=O) groups excluding carboxylic acids is 1. The third kappa shape index (κ3) is 3.21. The molecule has 3 aromatic rings. The largest absolute Gasteiger partial charge is 0.272 e. The van der Waals surface area contributed by atoms with E-state index in [1.807, 2.05) is 50.2 Å². The number of benzene rings is 2. The van der Waals surface area contributed by atoms with Crippen molar-refractivity contribution >= 4 is 17.6 Å². The molecule has 4 rings (SSSR count). The number of hydrazone groups is 1. The number of rotatable bonds is 3. The van der Waals surface area contributed by atoms with Crippen molar-refractivity contribution in [3.8, 4) is 22.5 Å². The molecule has 0 spiro atoms. The number of hydrogen-bond donors (Lipinski definition) is 0. The van der Waals surface area contributed by atoms with Gasteiger partial charge >= 0.3 is 0 Å². The van der Waals surface area contributed by atoms with Crippen LogP contribution in [0.5, 0.6) is 0 Å². The van der Waals surface area contributed by atoms with Crippen LogP contribution in [0.25, 0.3) is 22.5 Å². The standard InChI is InChI=1S/C21H17FN4O/c1-13-14(2)25-26(20(13)27)21-23-18(15-6-4-3-5-7-15)12-19(24-21)16-8-10-17(22)11-9-16/h3-13H,1-2H3. The molecular weight excluding hydrogens is 343 g/mol. The first-order valence-electron chi connectivity index (χ1n) is 8.62. The molecule has 1 unspecified atom stereocenters. The molecule has 2 heterocycles. The summed E-state index contributed by atoms with van der Waals surface area (Å²) < 4.78 is 13.3. The van der Waals surface area contributed by atoms with Gasteiger partial charge in [0.15, 0.2) is 0 Å². The third-order valence-corrected chi connectivity index (χ3v) is 4.58. The third-order valence-electron chi connectivity index (χ3n) is 4.58.